The Morgan fingerprint density at radius 2 is 2.11 bits per heavy atom. The van der Waals surface area contributed by atoms with Crippen molar-refractivity contribution in [2.45, 2.75) is 45.3 Å². The second-order valence-corrected chi connectivity index (χ2v) is 7.93. The van der Waals surface area contributed by atoms with Crippen LogP contribution in [0.4, 0.5) is 0 Å². The summed E-state index contributed by atoms with van der Waals surface area (Å²) in [4.78, 5) is 6.88. The summed E-state index contributed by atoms with van der Waals surface area (Å²) in [6, 6.07) is 8.59. The number of nitrogens with zero attached hydrogens (tertiary/aromatic N) is 2. The fourth-order valence-electron chi connectivity index (χ4n) is 3.52. The minimum atomic E-state index is -0.456. The Balaban J connectivity index is 1.34. The molecule has 6 heteroatoms. The maximum Gasteiger partial charge on any atom is 0.191 e. The molecule has 1 saturated carbocycles. The minimum absolute atomic E-state index is 0.408. The Bertz CT molecular complexity index is 618. The molecular weight excluding hydrogens is 352 g/mol. The van der Waals surface area contributed by atoms with E-state index < -0.39 is 6.10 Å². The van der Waals surface area contributed by atoms with Gasteiger partial charge < -0.3 is 20.5 Å². The van der Waals surface area contributed by atoms with E-state index in [1.807, 2.05) is 0 Å². The normalized spacial score (nSPS) is 18.6. The zero-order chi connectivity index (χ0) is 19.6. The third-order valence-corrected chi connectivity index (χ3v) is 5.29. The van der Waals surface area contributed by atoms with E-state index in [9.17, 15) is 5.11 Å². The molecule has 1 fully saturated rings. The number of ether oxygens (including phenoxy) is 1. The Kier molecular flexibility index (Phi) is 8.58. The monoisotopic (exact) mass is 388 g/mol. The first-order chi connectivity index (χ1) is 13.7. The number of aliphatic hydroxyl groups is 1. The summed E-state index contributed by atoms with van der Waals surface area (Å²) in [7, 11) is 0. The van der Waals surface area contributed by atoms with Crippen molar-refractivity contribution in [2.75, 3.05) is 45.9 Å². The van der Waals surface area contributed by atoms with Gasteiger partial charge >= 0.3 is 0 Å². The molecule has 156 valence electrons. The molecule has 2 aliphatic rings. The van der Waals surface area contributed by atoms with E-state index in [-0.39, 0.29) is 0 Å². The van der Waals surface area contributed by atoms with Crippen LogP contribution in [-0.4, -0.2) is 68.0 Å². The van der Waals surface area contributed by atoms with Gasteiger partial charge in [0.05, 0.1) is 12.6 Å². The average Bonchev–Trinajstić information content (AvgIpc) is 3.53. The SMILES string of the molecule is CCNC(=NCC(O)CN1CCc2ccccc2C1)NCCCOCC1CC1. The second kappa shape index (κ2) is 11.4. The van der Waals surface area contributed by atoms with Crippen LogP contribution in [-0.2, 0) is 17.7 Å². The lowest BCUT2D eigenvalue weighted by atomic mass is 10.00. The predicted molar refractivity (Wildman–Crippen MR) is 114 cm³/mol. The van der Waals surface area contributed by atoms with Gasteiger partial charge in [-0.05, 0) is 49.7 Å². The van der Waals surface area contributed by atoms with E-state index in [1.165, 1.54) is 24.0 Å². The van der Waals surface area contributed by atoms with Crippen molar-refractivity contribution in [1.29, 1.82) is 0 Å². The second-order valence-electron chi connectivity index (χ2n) is 7.93. The lowest BCUT2D eigenvalue weighted by molar-refractivity contribution is 0.111. The number of fused-ring (bicyclic) bond motifs is 1. The van der Waals surface area contributed by atoms with Gasteiger partial charge in [-0.2, -0.15) is 0 Å². The summed E-state index contributed by atoms with van der Waals surface area (Å²) >= 11 is 0. The molecule has 1 heterocycles. The molecule has 1 unspecified atom stereocenters. The van der Waals surface area contributed by atoms with E-state index in [0.717, 1.165) is 64.1 Å². The molecule has 0 bridgehead atoms. The molecule has 3 rings (SSSR count). The minimum Gasteiger partial charge on any atom is -0.390 e. The zero-order valence-electron chi connectivity index (χ0n) is 17.2. The smallest absolute Gasteiger partial charge is 0.191 e. The molecular formula is C22H36N4O2. The van der Waals surface area contributed by atoms with E-state index in [2.05, 4.69) is 51.7 Å². The molecule has 0 spiro atoms. The van der Waals surface area contributed by atoms with Gasteiger partial charge in [-0.1, -0.05) is 24.3 Å². The zero-order valence-corrected chi connectivity index (χ0v) is 17.2. The molecule has 1 aromatic rings. The molecule has 6 nitrogen and oxygen atoms in total. The van der Waals surface area contributed by atoms with Gasteiger partial charge in [0.2, 0.25) is 0 Å². The number of hydrogen-bond donors (Lipinski definition) is 3. The molecule has 1 aliphatic heterocycles. The molecule has 1 atom stereocenters. The van der Waals surface area contributed by atoms with E-state index in [4.69, 9.17) is 4.74 Å². The molecule has 28 heavy (non-hydrogen) atoms. The summed E-state index contributed by atoms with van der Waals surface area (Å²) in [5, 5.41) is 17.0. The number of aliphatic imine (C=N–C) groups is 1. The van der Waals surface area contributed by atoms with Crippen LogP contribution in [0.15, 0.2) is 29.3 Å². The summed E-state index contributed by atoms with van der Waals surface area (Å²) in [6.45, 7) is 8.38. The molecule has 0 amide bonds. The van der Waals surface area contributed by atoms with Crippen LogP contribution < -0.4 is 10.6 Å². The lowest BCUT2D eigenvalue weighted by Gasteiger charge is -2.30. The molecule has 3 N–H and O–H groups in total. The first-order valence-corrected chi connectivity index (χ1v) is 10.8. The maximum absolute atomic E-state index is 10.4. The molecule has 0 radical (unpaired) electrons. The fraction of sp³-hybridized carbons (Fsp3) is 0.682. The Labute approximate surface area is 169 Å². The summed E-state index contributed by atoms with van der Waals surface area (Å²) in [5.41, 5.74) is 2.81. The number of nitrogens with one attached hydrogen (secondary N) is 2. The molecule has 1 aromatic carbocycles. The number of hydrogen-bond acceptors (Lipinski definition) is 4. The van der Waals surface area contributed by atoms with Crippen molar-refractivity contribution in [1.82, 2.24) is 15.5 Å². The Hall–Kier alpha value is -1.63. The van der Waals surface area contributed by atoms with Gasteiger partial charge in [0.25, 0.3) is 0 Å². The van der Waals surface area contributed by atoms with E-state index >= 15 is 0 Å². The van der Waals surface area contributed by atoms with E-state index in [1.54, 1.807) is 0 Å². The largest absolute Gasteiger partial charge is 0.390 e. The predicted octanol–water partition coefficient (Wildman–Crippen LogP) is 1.78. The number of guanidine groups is 1. The van der Waals surface area contributed by atoms with Crippen LogP contribution in [0.5, 0.6) is 0 Å². The van der Waals surface area contributed by atoms with Gasteiger partial charge in [-0.15, -0.1) is 0 Å². The quantitative estimate of drug-likeness (QED) is 0.306. The summed E-state index contributed by atoms with van der Waals surface area (Å²) in [6.07, 6.45) is 4.23. The van der Waals surface area contributed by atoms with E-state index in [0.29, 0.717) is 13.1 Å². The third-order valence-electron chi connectivity index (χ3n) is 5.29. The average molecular weight is 389 g/mol. The lowest BCUT2D eigenvalue weighted by Crippen LogP contribution is -2.40. The highest BCUT2D eigenvalue weighted by Gasteiger charge is 2.21. The standard InChI is InChI=1S/C22H36N4O2/c1-2-23-22(24-11-5-13-28-17-18-8-9-18)25-14-21(27)16-26-12-10-19-6-3-4-7-20(19)15-26/h3-4,6-7,18,21,27H,2,5,8-17H2,1H3,(H2,23,24,25). The first kappa shape index (κ1) is 21.1. The van der Waals surface area contributed by atoms with Gasteiger partial charge in [-0.3, -0.25) is 9.89 Å². The molecule has 0 aromatic heterocycles. The number of benzene rings is 1. The third kappa shape index (κ3) is 7.41. The van der Waals surface area contributed by atoms with Crippen LogP contribution in [0.2, 0.25) is 0 Å². The number of rotatable bonds is 11. The summed E-state index contributed by atoms with van der Waals surface area (Å²) < 4.78 is 5.66. The Morgan fingerprint density at radius 1 is 1.29 bits per heavy atom. The van der Waals surface area contributed by atoms with Crippen LogP contribution in [0.25, 0.3) is 0 Å². The van der Waals surface area contributed by atoms with Crippen molar-refractivity contribution in [3.63, 3.8) is 0 Å². The van der Waals surface area contributed by atoms with Crippen molar-refractivity contribution in [2.24, 2.45) is 10.9 Å². The number of aliphatic hydroxyl groups excluding tert-OH is 1. The van der Waals surface area contributed by atoms with Crippen molar-refractivity contribution < 1.29 is 9.84 Å². The highest BCUT2D eigenvalue weighted by atomic mass is 16.5. The van der Waals surface area contributed by atoms with Crippen LogP contribution in [0, 0.1) is 5.92 Å². The van der Waals surface area contributed by atoms with Crippen molar-refractivity contribution in [3.05, 3.63) is 35.4 Å². The number of β-amino-alcohol motifs (C(OH)–C–C–N with tert-alkyl or cyclic N) is 1. The highest BCUT2D eigenvalue weighted by molar-refractivity contribution is 5.79. The van der Waals surface area contributed by atoms with Crippen LogP contribution in [0.1, 0.15) is 37.3 Å². The molecule has 1 aliphatic carbocycles. The topological polar surface area (TPSA) is 69.1 Å². The van der Waals surface area contributed by atoms with Gasteiger partial charge in [0.15, 0.2) is 5.96 Å². The van der Waals surface area contributed by atoms with Crippen LogP contribution >= 0.6 is 0 Å². The van der Waals surface area contributed by atoms with Crippen molar-refractivity contribution in [3.8, 4) is 0 Å². The fourth-order valence-corrected chi connectivity index (χ4v) is 3.52. The van der Waals surface area contributed by atoms with Gasteiger partial charge in [-0.25, -0.2) is 0 Å². The van der Waals surface area contributed by atoms with Crippen molar-refractivity contribution >= 4 is 5.96 Å². The van der Waals surface area contributed by atoms with Crippen LogP contribution in [0.3, 0.4) is 0 Å². The summed E-state index contributed by atoms with van der Waals surface area (Å²) in [5.74, 6) is 1.59. The highest BCUT2D eigenvalue weighted by Crippen LogP contribution is 2.28. The van der Waals surface area contributed by atoms with Gasteiger partial charge in [0.1, 0.15) is 0 Å². The first-order valence-electron chi connectivity index (χ1n) is 10.8. The Morgan fingerprint density at radius 3 is 2.89 bits per heavy atom. The molecule has 0 saturated heterocycles. The maximum atomic E-state index is 10.4. The van der Waals surface area contributed by atoms with Gasteiger partial charge in [0, 0.05) is 45.9 Å².